The zero-order chi connectivity index (χ0) is 10.7. The van der Waals surface area contributed by atoms with E-state index < -0.39 is 0 Å². The van der Waals surface area contributed by atoms with Gasteiger partial charge in [0.25, 0.3) is 0 Å². The number of hydrogen-bond donors (Lipinski definition) is 1. The van der Waals surface area contributed by atoms with Crippen molar-refractivity contribution in [1.82, 2.24) is 0 Å². The average molecular weight is 202 g/mol. The molecule has 2 heteroatoms. The maximum absolute atomic E-state index is 13.0. The summed E-state index contributed by atoms with van der Waals surface area (Å²) in [6.45, 7) is 0.0312. The molecule has 0 aliphatic rings. The number of aliphatic hydroxyl groups is 1. The van der Waals surface area contributed by atoms with Crippen molar-refractivity contribution in [1.29, 1.82) is 0 Å². The molecule has 2 aromatic carbocycles. The van der Waals surface area contributed by atoms with Gasteiger partial charge in [-0.15, -0.1) is 0 Å². The minimum atomic E-state index is -0.237. The summed E-state index contributed by atoms with van der Waals surface area (Å²) in [7, 11) is 0. The van der Waals surface area contributed by atoms with Crippen LogP contribution in [0.25, 0.3) is 11.1 Å². The molecule has 0 spiro atoms. The summed E-state index contributed by atoms with van der Waals surface area (Å²) in [4.78, 5) is 0. The van der Waals surface area contributed by atoms with Crippen LogP contribution in [-0.4, -0.2) is 5.11 Å². The van der Waals surface area contributed by atoms with Gasteiger partial charge in [0.15, 0.2) is 0 Å². The summed E-state index contributed by atoms with van der Waals surface area (Å²) < 4.78 is 13.0. The minimum absolute atomic E-state index is 0.0312. The Morgan fingerprint density at radius 2 is 1.67 bits per heavy atom. The third-order valence-electron chi connectivity index (χ3n) is 2.29. The van der Waals surface area contributed by atoms with Crippen molar-refractivity contribution in [3.63, 3.8) is 0 Å². The summed E-state index contributed by atoms with van der Waals surface area (Å²) in [5.41, 5.74) is 2.65. The van der Waals surface area contributed by atoms with E-state index in [0.717, 1.165) is 16.7 Å². The highest BCUT2D eigenvalue weighted by Crippen LogP contribution is 2.20. The zero-order valence-electron chi connectivity index (χ0n) is 8.15. The van der Waals surface area contributed by atoms with Crippen molar-refractivity contribution in [3.05, 3.63) is 59.9 Å². The molecule has 2 rings (SSSR count). The van der Waals surface area contributed by atoms with Gasteiger partial charge >= 0.3 is 0 Å². The van der Waals surface area contributed by atoms with Crippen LogP contribution in [0, 0.1) is 5.82 Å². The lowest BCUT2D eigenvalue weighted by molar-refractivity contribution is 0.282. The predicted octanol–water partition coefficient (Wildman–Crippen LogP) is 2.99. The van der Waals surface area contributed by atoms with Crippen LogP contribution in [-0.2, 0) is 6.61 Å². The number of benzene rings is 2. The number of rotatable bonds is 2. The predicted molar refractivity (Wildman–Crippen MR) is 57.8 cm³/mol. The number of halogens is 1. The molecule has 76 valence electrons. The van der Waals surface area contributed by atoms with Crippen molar-refractivity contribution in [2.24, 2.45) is 0 Å². The fourth-order valence-corrected chi connectivity index (χ4v) is 1.47. The molecule has 0 bridgehead atoms. The Bertz CT molecular complexity index is 448. The molecule has 1 nitrogen and oxygen atoms in total. The van der Waals surface area contributed by atoms with Gasteiger partial charge in [-0.05, 0) is 28.8 Å². The van der Waals surface area contributed by atoms with E-state index in [2.05, 4.69) is 0 Å². The Kier molecular flexibility index (Phi) is 2.79. The topological polar surface area (TPSA) is 20.2 Å². The molecule has 0 saturated heterocycles. The van der Waals surface area contributed by atoms with E-state index in [4.69, 9.17) is 5.11 Å². The zero-order valence-corrected chi connectivity index (χ0v) is 8.15. The molecule has 0 aliphatic carbocycles. The Labute approximate surface area is 87.8 Å². The Morgan fingerprint density at radius 3 is 2.27 bits per heavy atom. The lowest BCUT2D eigenvalue weighted by Crippen LogP contribution is -1.83. The van der Waals surface area contributed by atoms with E-state index in [1.165, 1.54) is 12.1 Å². The SMILES string of the molecule is OCc1ccc(-c2cccc(F)c2)cc1. The standard InChI is InChI=1S/C13H11FO/c14-13-3-1-2-12(8-13)11-6-4-10(9-15)5-7-11/h1-8,15H,9H2. The van der Waals surface area contributed by atoms with Crippen molar-refractivity contribution >= 4 is 0 Å². The molecule has 15 heavy (non-hydrogen) atoms. The molecule has 2 aromatic rings. The van der Waals surface area contributed by atoms with Crippen molar-refractivity contribution in [2.45, 2.75) is 6.61 Å². The van der Waals surface area contributed by atoms with E-state index in [1.54, 1.807) is 6.07 Å². The monoisotopic (exact) mass is 202 g/mol. The summed E-state index contributed by atoms with van der Waals surface area (Å²) in [6.07, 6.45) is 0. The van der Waals surface area contributed by atoms with Gasteiger partial charge in [0, 0.05) is 0 Å². The molecule has 0 atom stereocenters. The first kappa shape index (κ1) is 9.87. The van der Waals surface area contributed by atoms with Crippen LogP contribution in [0.2, 0.25) is 0 Å². The minimum Gasteiger partial charge on any atom is -0.392 e. The normalized spacial score (nSPS) is 10.3. The van der Waals surface area contributed by atoms with Crippen LogP contribution in [0.1, 0.15) is 5.56 Å². The highest BCUT2D eigenvalue weighted by molar-refractivity contribution is 5.63. The van der Waals surface area contributed by atoms with Crippen LogP contribution in [0.3, 0.4) is 0 Å². The molecular weight excluding hydrogens is 191 g/mol. The maximum Gasteiger partial charge on any atom is 0.123 e. The van der Waals surface area contributed by atoms with Gasteiger partial charge < -0.3 is 5.11 Å². The van der Waals surface area contributed by atoms with Crippen LogP contribution < -0.4 is 0 Å². The third-order valence-corrected chi connectivity index (χ3v) is 2.29. The Morgan fingerprint density at radius 1 is 0.933 bits per heavy atom. The highest BCUT2D eigenvalue weighted by atomic mass is 19.1. The Balaban J connectivity index is 2.37. The largest absolute Gasteiger partial charge is 0.392 e. The van der Waals surface area contributed by atoms with Gasteiger partial charge in [-0.1, -0.05) is 36.4 Å². The molecule has 0 saturated carbocycles. The first-order valence-corrected chi connectivity index (χ1v) is 4.75. The van der Waals surface area contributed by atoms with E-state index in [9.17, 15) is 4.39 Å². The second-order valence-corrected chi connectivity index (χ2v) is 3.37. The summed E-state index contributed by atoms with van der Waals surface area (Å²) in [5.74, 6) is -0.237. The fraction of sp³-hybridized carbons (Fsp3) is 0.0769. The number of aliphatic hydroxyl groups excluding tert-OH is 1. The second kappa shape index (κ2) is 4.24. The maximum atomic E-state index is 13.0. The van der Waals surface area contributed by atoms with E-state index in [1.807, 2.05) is 30.3 Å². The van der Waals surface area contributed by atoms with Crippen molar-refractivity contribution < 1.29 is 9.50 Å². The van der Waals surface area contributed by atoms with Gasteiger partial charge in [-0.3, -0.25) is 0 Å². The van der Waals surface area contributed by atoms with Crippen LogP contribution >= 0.6 is 0 Å². The number of hydrogen-bond acceptors (Lipinski definition) is 1. The van der Waals surface area contributed by atoms with Gasteiger partial charge in [0.05, 0.1) is 6.61 Å². The van der Waals surface area contributed by atoms with Gasteiger partial charge in [0.2, 0.25) is 0 Å². The smallest absolute Gasteiger partial charge is 0.123 e. The molecular formula is C13H11FO. The van der Waals surface area contributed by atoms with E-state index in [-0.39, 0.29) is 12.4 Å². The van der Waals surface area contributed by atoms with Crippen LogP contribution in [0.15, 0.2) is 48.5 Å². The molecule has 1 N–H and O–H groups in total. The van der Waals surface area contributed by atoms with Crippen molar-refractivity contribution in [2.75, 3.05) is 0 Å². The third kappa shape index (κ3) is 2.22. The van der Waals surface area contributed by atoms with Crippen LogP contribution in [0.4, 0.5) is 4.39 Å². The average Bonchev–Trinajstić information content (AvgIpc) is 2.29. The van der Waals surface area contributed by atoms with Gasteiger partial charge in [-0.2, -0.15) is 0 Å². The summed E-state index contributed by atoms with van der Waals surface area (Å²) in [6, 6.07) is 13.9. The highest BCUT2D eigenvalue weighted by Gasteiger charge is 1.98. The molecule has 0 aliphatic heterocycles. The van der Waals surface area contributed by atoms with E-state index >= 15 is 0 Å². The molecule has 0 heterocycles. The van der Waals surface area contributed by atoms with Crippen molar-refractivity contribution in [3.8, 4) is 11.1 Å². The van der Waals surface area contributed by atoms with E-state index in [0.29, 0.717) is 0 Å². The summed E-state index contributed by atoms with van der Waals surface area (Å²) in [5, 5.41) is 8.88. The van der Waals surface area contributed by atoms with Crippen LogP contribution in [0.5, 0.6) is 0 Å². The molecule has 0 fully saturated rings. The fourth-order valence-electron chi connectivity index (χ4n) is 1.47. The molecule has 0 unspecified atom stereocenters. The quantitative estimate of drug-likeness (QED) is 0.793. The molecule has 0 amide bonds. The van der Waals surface area contributed by atoms with Gasteiger partial charge in [-0.25, -0.2) is 4.39 Å². The molecule has 0 aromatic heterocycles. The molecule has 0 radical (unpaired) electrons. The van der Waals surface area contributed by atoms with Gasteiger partial charge in [0.1, 0.15) is 5.82 Å². The lowest BCUT2D eigenvalue weighted by Gasteiger charge is -2.02. The lowest BCUT2D eigenvalue weighted by atomic mass is 10.0. The first-order valence-electron chi connectivity index (χ1n) is 4.75. The second-order valence-electron chi connectivity index (χ2n) is 3.37. The Hall–Kier alpha value is -1.67. The summed E-state index contributed by atoms with van der Waals surface area (Å²) >= 11 is 0. The first-order chi connectivity index (χ1) is 7.29.